The minimum absolute atomic E-state index is 0.0534. The van der Waals surface area contributed by atoms with E-state index in [1.165, 1.54) is 30.5 Å². The van der Waals surface area contributed by atoms with E-state index in [9.17, 15) is 34.1 Å². The van der Waals surface area contributed by atoms with Crippen molar-refractivity contribution >= 4 is 41.7 Å². The molecule has 0 aliphatic carbocycles. The number of esters is 2. The number of carbonyl (C=O) groups is 5. The standard InChI is InChI=1S/C28H24N4O11/c33-24-15-31(29-14-22-9-10-23(43-22)20-5-7-21(8-6-20)32(39)40)28(38)30(24)17-42-27(37)13-18-1-3-19(4-2-18)16-41-26(36)12-11-25(34)35/h1-10,14H,11-13,15-17H2,(H,34,35)/b29-14+. The number of imide groups is 1. The lowest BCUT2D eigenvalue weighted by Gasteiger charge is -2.14. The number of aliphatic carboxylic acids is 1. The van der Waals surface area contributed by atoms with E-state index in [4.69, 9.17) is 19.0 Å². The van der Waals surface area contributed by atoms with Crippen LogP contribution in [0.1, 0.15) is 29.7 Å². The first-order chi connectivity index (χ1) is 20.6. The molecule has 222 valence electrons. The predicted molar refractivity (Wildman–Crippen MR) is 145 cm³/mol. The number of hydrogen-bond donors (Lipinski definition) is 1. The molecular formula is C28H24N4O11. The molecule has 3 aromatic rings. The second-order valence-corrected chi connectivity index (χ2v) is 9.11. The van der Waals surface area contributed by atoms with Gasteiger partial charge in [0.15, 0.2) is 6.73 Å². The molecule has 15 heteroatoms. The highest BCUT2D eigenvalue weighted by atomic mass is 16.6. The fourth-order valence-corrected chi connectivity index (χ4v) is 3.75. The molecule has 2 aromatic carbocycles. The van der Waals surface area contributed by atoms with Crippen molar-refractivity contribution in [3.63, 3.8) is 0 Å². The van der Waals surface area contributed by atoms with E-state index in [0.29, 0.717) is 22.5 Å². The van der Waals surface area contributed by atoms with Crippen molar-refractivity contribution in [1.82, 2.24) is 9.91 Å². The Labute approximate surface area is 243 Å². The molecule has 0 saturated carbocycles. The molecule has 0 atom stereocenters. The number of nitrogens with zero attached hydrogens (tertiary/aromatic N) is 4. The third-order valence-electron chi connectivity index (χ3n) is 6.02. The highest BCUT2D eigenvalue weighted by molar-refractivity contribution is 6.02. The van der Waals surface area contributed by atoms with Crippen LogP contribution in [0.4, 0.5) is 10.5 Å². The van der Waals surface area contributed by atoms with Crippen LogP contribution in [0.3, 0.4) is 0 Å². The number of furan rings is 1. The molecule has 1 N–H and O–H groups in total. The molecule has 15 nitrogen and oxygen atoms in total. The van der Waals surface area contributed by atoms with Crippen LogP contribution in [0.2, 0.25) is 0 Å². The van der Waals surface area contributed by atoms with Gasteiger partial charge in [-0.05, 0) is 35.4 Å². The maximum atomic E-state index is 12.6. The maximum Gasteiger partial charge on any atom is 0.350 e. The smallest absolute Gasteiger partial charge is 0.350 e. The Morgan fingerprint density at radius 3 is 2.33 bits per heavy atom. The molecule has 0 spiro atoms. The van der Waals surface area contributed by atoms with E-state index in [1.807, 2.05) is 0 Å². The minimum Gasteiger partial charge on any atom is -0.481 e. The highest BCUT2D eigenvalue weighted by Gasteiger charge is 2.37. The number of urea groups is 1. The normalized spacial score (nSPS) is 13.0. The second kappa shape index (κ2) is 13.7. The number of rotatable bonds is 13. The molecule has 0 unspecified atom stereocenters. The van der Waals surface area contributed by atoms with Gasteiger partial charge in [0.05, 0.1) is 30.4 Å². The van der Waals surface area contributed by atoms with Crippen molar-refractivity contribution in [1.29, 1.82) is 0 Å². The number of non-ortho nitro benzene ring substituents is 1. The van der Waals surface area contributed by atoms with Gasteiger partial charge in [0.1, 0.15) is 24.7 Å². The number of nitro groups is 1. The van der Waals surface area contributed by atoms with Gasteiger partial charge in [-0.25, -0.2) is 14.7 Å². The number of carboxylic acids is 1. The zero-order valence-electron chi connectivity index (χ0n) is 22.4. The summed E-state index contributed by atoms with van der Waals surface area (Å²) in [6.07, 6.45) is 0.532. The monoisotopic (exact) mass is 592 g/mol. The number of carboxylic acid groups (broad SMARTS) is 1. The molecule has 4 rings (SSSR count). The van der Waals surface area contributed by atoms with Gasteiger partial charge >= 0.3 is 23.9 Å². The Bertz CT molecular complexity index is 1560. The fourth-order valence-electron chi connectivity index (χ4n) is 3.75. The average molecular weight is 593 g/mol. The molecule has 43 heavy (non-hydrogen) atoms. The Kier molecular flexibility index (Phi) is 9.57. The third kappa shape index (κ3) is 8.32. The number of hydrazone groups is 1. The molecule has 0 radical (unpaired) electrons. The van der Waals surface area contributed by atoms with E-state index in [-0.39, 0.29) is 43.9 Å². The first-order valence-corrected chi connectivity index (χ1v) is 12.7. The topological polar surface area (TPSA) is 199 Å². The Hall–Kier alpha value is -5.86. The van der Waals surface area contributed by atoms with Gasteiger partial charge < -0.3 is 19.0 Å². The van der Waals surface area contributed by atoms with Gasteiger partial charge in [0.25, 0.3) is 11.6 Å². The molecule has 1 aliphatic rings. The SMILES string of the molecule is O=C(O)CCC(=O)OCc1ccc(CC(=O)OCN2C(=O)CN(/N=C/c3ccc(-c4ccc([N+](=O)[O-])cc4)o3)C2=O)cc1. The molecule has 1 saturated heterocycles. The summed E-state index contributed by atoms with van der Waals surface area (Å²) < 4.78 is 15.7. The lowest BCUT2D eigenvalue weighted by molar-refractivity contribution is -0.384. The summed E-state index contributed by atoms with van der Waals surface area (Å²) in [7, 11) is 0. The number of ether oxygens (including phenoxy) is 2. The van der Waals surface area contributed by atoms with Crippen molar-refractivity contribution in [2.45, 2.75) is 25.9 Å². The highest BCUT2D eigenvalue weighted by Crippen LogP contribution is 2.24. The Morgan fingerprint density at radius 1 is 0.953 bits per heavy atom. The number of carbonyl (C=O) groups excluding carboxylic acids is 4. The first kappa shape index (κ1) is 30.1. The van der Waals surface area contributed by atoms with Crippen molar-refractivity contribution < 1.29 is 47.9 Å². The summed E-state index contributed by atoms with van der Waals surface area (Å²) in [5.41, 5.74) is 1.74. The first-order valence-electron chi connectivity index (χ1n) is 12.7. The minimum atomic E-state index is -1.10. The van der Waals surface area contributed by atoms with E-state index < -0.39 is 41.5 Å². The number of amides is 3. The molecule has 3 amide bonds. The largest absolute Gasteiger partial charge is 0.481 e. The average Bonchev–Trinajstić information content (AvgIpc) is 3.57. The van der Waals surface area contributed by atoms with E-state index in [0.717, 1.165) is 9.91 Å². The Balaban J connectivity index is 1.23. The summed E-state index contributed by atoms with van der Waals surface area (Å²) in [6, 6.07) is 14.6. The van der Waals surface area contributed by atoms with Gasteiger partial charge in [-0.3, -0.25) is 29.3 Å². The van der Waals surface area contributed by atoms with E-state index in [2.05, 4.69) is 5.10 Å². The van der Waals surface area contributed by atoms with Crippen LogP contribution in [0.5, 0.6) is 0 Å². The molecule has 1 aromatic heterocycles. The van der Waals surface area contributed by atoms with Crippen molar-refractivity contribution in [2.24, 2.45) is 5.10 Å². The van der Waals surface area contributed by atoms with Gasteiger partial charge in [0.2, 0.25) is 0 Å². The predicted octanol–water partition coefficient (Wildman–Crippen LogP) is 3.10. The van der Waals surface area contributed by atoms with Gasteiger partial charge in [-0.2, -0.15) is 5.10 Å². The summed E-state index contributed by atoms with van der Waals surface area (Å²) in [5.74, 6) is -2.37. The van der Waals surface area contributed by atoms with Crippen LogP contribution in [-0.4, -0.2) is 69.3 Å². The summed E-state index contributed by atoms with van der Waals surface area (Å²) in [5, 5.41) is 24.3. The molecule has 2 heterocycles. The zero-order valence-corrected chi connectivity index (χ0v) is 22.4. The lowest BCUT2D eigenvalue weighted by Crippen LogP contribution is -2.34. The number of nitro benzene ring substituents is 1. The van der Waals surface area contributed by atoms with Crippen LogP contribution in [0, 0.1) is 10.1 Å². The third-order valence-corrected chi connectivity index (χ3v) is 6.02. The van der Waals surface area contributed by atoms with Gasteiger partial charge in [0, 0.05) is 17.7 Å². The molecular weight excluding hydrogens is 568 g/mol. The van der Waals surface area contributed by atoms with Gasteiger partial charge in [-0.1, -0.05) is 24.3 Å². The zero-order chi connectivity index (χ0) is 30.9. The summed E-state index contributed by atoms with van der Waals surface area (Å²) >= 11 is 0. The molecule has 1 fully saturated rings. The van der Waals surface area contributed by atoms with Gasteiger partial charge in [-0.15, -0.1) is 0 Å². The van der Waals surface area contributed by atoms with Crippen LogP contribution in [0.25, 0.3) is 11.3 Å². The quantitative estimate of drug-likeness (QED) is 0.101. The summed E-state index contributed by atoms with van der Waals surface area (Å²) in [6.45, 7) is -1.02. The maximum absolute atomic E-state index is 12.6. The summed E-state index contributed by atoms with van der Waals surface area (Å²) in [4.78, 5) is 70.3. The van der Waals surface area contributed by atoms with Crippen molar-refractivity contribution in [2.75, 3.05) is 13.3 Å². The van der Waals surface area contributed by atoms with Crippen molar-refractivity contribution in [3.8, 4) is 11.3 Å². The van der Waals surface area contributed by atoms with Crippen LogP contribution >= 0.6 is 0 Å². The fraction of sp³-hybridized carbons (Fsp3) is 0.214. The second-order valence-electron chi connectivity index (χ2n) is 9.11. The van der Waals surface area contributed by atoms with Crippen LogP contribution in [-0.2, 0) is 41.7 Å². The lowest BCUT2D eigenvalue weighted by atomic mass is 10.1. The van der Waals surface area contributed by atoms with E-state index in [1.54, 1.807) is 36.4 Å². The van der Waals surface area contributed by atoms with Crippen LogP contribution < -0.4 is 0 Å². The van der Waals surface area contributed by atoms with E-state index >= 15 is 0 Å². The Morgan fingerprint density at radius 2 is 1.65 bits per heavy atom. The number of hydrogen-bond acceptors (Lipinski definition) is 11. The molecule has 0 bridgehead atoms. The van der Waals surface area contributed by atoms with Crippen LogP contribution in [0.15, 0.2) is 70.2 Å². The number of benzene rings is 2. The van der Waals surface area contributed by atoms with Crippen molar-refractivity contribution in [3.05, 3.63) is 87.7 Å². The molecule has 1 aliphatic heterocycles.